The molecule has 0 spiro atoms. The molecule has 1 N–H and O–H groups in total. The smallest absolute Gasteiger partial charge is 0.182 e. The Hall–Kier alpha value is -1.29. The molecule has 0 bridgehead atoms. The Morgan fingerprint density at radius 3 is 2.44 bits per heavy atom. The van der Waals surface area contributed by atoms with Gasteiger partial charge in [0.1, 0.15) is 0 Å². The first-order chi connectivity index (χ1) is 8.66. The first kappa shape index (κ1) is 11.8. The summed E-state index contributed by atoms with van der Waals surface area (Å²) in [5, 5.41) is 1.35. The first-order valence-corrected chi connectivity index (χ1v) is 6.48. The molecule has 0 aliphatic carbocycles. The third-order valence-corrected chi connectivity index (χ3v) is 3.58. The fourth-order valence-electron chi connectivity index (χ4n) is 1.95. The standard InChI is InChI=1S/C13H8Cl2N2S/c14-8-4-6-9(7-5-8)17-12-10(15)2-1-3-11(12)16-13(17)18/h1-7H,(H,16,18). The number of rotatable bonds is 1. The fourth-order valence-corrected chi connectivity index (χ4v) is 2.64. The second kappa shape index (κ2) is 4.43. The van der Waals surface area contributed by atoms with Crippen LogP contribution in [0.3, 0.4) is 0 Å². The molecule has 1 heterocycles. The molecule has 2 nitrogen and oxygen atoms in total. The van der Waals surface area contributed by atoms with Crippen LogP contribution in [0.5, 0.6) is 0 Å². The maximum Gasteiger partial charge on any atom is 0.182 e. The highest BCUT2D eigenvalue weighted by Crippen LogP contribution is 2.26. The molecule has 3 rings (SSSR count). The number of aromatic amines is 1. The SMILES string of the molecule is S=c1[nH]c2cccc(Cl)c2n1-c1ccc(Cl)cc1. The Morgan fingerprint density at radius 1 is 1.00 bits per heavy atom. The summed E-state index contributed by atoms with van der Waals surface area (Å²) in [5.74, 6) is 0. The molecule has 3 aromatic rings. The highest BCUT2D eigenvalue weighted by molar-refractivity contribution is 7.71. The van der Waals surface area contributed by atoms with Crippen LogP contribution in [0.2, 0.25) is 10.0 Å². The summed E-state index contributed by atoms with van der Waals surface area (Å²) < 4.78 is 2.52. The fraction of sp³-hybridized carbons (Fsp3) is 0. The van der Waals surface area contributed by atoms with Crippen LogP contribution in [-0.2, 0) is 0 Å². The van der Waals surface area contributed by atoms with E-state index in [1.54, 1.807) is 0 Å². The number of benzene rings is 2. The minimum atomic E-state index is 0.612. The van der Waals surface area contributed by atoms with Crippen LogP contribution in [0.4, 0.5) is 0 Å². The summed E-state index contributed by atoms with van der Waals surface area (Å²) in [6, 6.07) is 13.2. The molecule has 0 fully saturated rings. The van der Waals surface area contributed by atoms with Crippen molar-refractivity contribution < 1.29 is 0 Å². The molecular weight excluding hydrogens is 287 g/mol. The molecule has 1 aromatic heterocycles. The van der Waals surface area contributed by atoms with E-state index in [4.69, 9.17) is 35.4 Å². The predicted octanol–water partition coefficient (Wildman–Crippen LogP) is 4.99. The monoisotopic (exact) mass is 294 g/mol. The summed E-state index contributed by atoms with van der Waals surface area (Å²) in [6.07, 6.45) is 0. The second-order valence-electron chi connectivity index (χ2n) is 3.88. The van der Waals surface area contributed by atoms with Crippen molar-refractivity contribution in [2.24, 2.45) is 0 Å². The molecule has 0 atom stereocenters. The maximum absolute atomic E-state index is 6.24. The zero-order chi connectivity index (χ0) is 12.7. The average molecular weight is 295 g/mol. The van der Waals surface area contributed by atoms with E-state index in [-0.39, 0.29) is 0 Å². The van der Waals surface area contributed by atoms with Gasteiger partial charge in [0.15, 0.2) is 4.77 Å². The topological polar surface area (TPSA) is 20.7 Å². The van der Waals surface area contributed by atoms with Gasteiger partial charge in [0.05, 0.1) is 16.1 Å². The Morgan fingerprint density at radius 2 is 1.72 bits per heavy atom. The van der Waals surface area contributed by atoms with E-state index in [0.29, 0.717) is 14.8 Å². The van der Waals surface area contributed by atoms with Crippen molar-refractivity contribution in [1.82, 2.24) is 9.55 Å². The molecular formula is C13H8Cl2N2S. The van der Waals surface area contributed by atoms with Gasteiger partial charge in [0.2, 0.25) is 0 Å². The number of halogens is 2. The van der Waals surface area contributed by atoms with Gasteiger partial charge in [-0.1, -0.05) is 29.3 Å². The number of aromatic nitrogens is 2. The van der Waals surface area contributed by atoms with Gasteiger partial charge < -0.3 is 4.98 Å². The molecule has 0 saturated heterocycles. The molecule has 2 aromatic carbocycles. The van der Waals surface area contributed by atoms with Gasteiger partial charge in [-0.2, -0.15) is 0 Å². The summed E-state index contributed by atoms with van der Waals surface area (Å²) in [5.41, 5.74) is 2.73. The minimum Gasteiger partial charge on any atom is -0.330 e. The summed E-state index contributed by atoms with van der Waals surface area (Å²) in [6.45, 7) is 0. The molecule has 18 heavy (non-hydrogen) atoms. The van der Waals surface area contributed by atoms with Crippen LogP contribution in [0.25, 0.3) is 16.7 Å². The Kier molecular flexibility index (Phi) is 2.90. The first-order valence-electron chi connectivity index (χ1n) is 5.32. The normalized spacial score (nSPS) is 11.0. The van der Waals surface area contributed by atoms with Crippen molar-refractivity contribution in [3.63, 3.8) is 0 Å². The van der Waals surface area contributed by atoms with Crippen molar-refractivity contribution in [2.45, 2.75) is 0 Å². The molecule has 0 amide bonds. The highest BCUT2D eigenvalue weighted by atomic mass is 35.5. The summed E-state index contributed by atoms with van der Waals surface area (Å²) in [4.78, 5) is 3.14. The van der Waals surface area contributed by atoms with E-state index < -0.39 is 0 Å². The van der Waals surface area contributed by atoms with Gasteiger partial charge in [-0.05, 0) is 48.6 Å². The van der Waals surface area contributed by atoms with Crippen LogP contribution in [-0.4, -0.2) is 9.55 Å². The maximum atomic E-state index is 6.24. The van der Waals surface area contributed by atoms with Crippen LogP contribution < -0.4 is 0 Å². The summed E-state index contributed by atoms with van der Waals surface area (Å²) in [7, 11) is 0. The quantitative estimate of drug-likeness (QED) is 0.627. The van der Waals surface area contributed by atoms with Gasteiger partial charge in [-0.3, -0.25) is 4.57 Å². The number of imidazole rings is 1. The van der Waals surface area contributed by atoms with Gasteiger partial charge in [0.25, 0.3) is 0 Å². The van der Waals surface area contributed by atoms with Crippen LogP contribution in [0.1, 0.15) is 0 Å². The highest BCUT2D eigenvalue weighted by Gasteiger charge is 2.09. The van der Waals surface area contributed by atoms with Crippen molar-refractivity contribution in [2.75, 3.05) is 0 Å². The molecule has 0 aliphatic heterocycles. The zero-order valence-corrected chi connectivity index (χ0v) is 11.5. The van der Waals surface area contributed by atoms with Crippen LogP contribution >= 0.6 is 35.4 Å². The Bertz CT molecular complexity index is 772. The van der Waals surface area contributed by atoms with E-state index in [9.17, 15) is 0 Å². The van der Waals surface area contributed by atoms with Crippen molar-refractivity contribution in [3.8, 4) is 5.69 Å². The van der Waals surface area contributed by atoms with Gasteiger partial charge in [-0.15, -0.1) is 0 Å². The van der Waals surface area contributed by atoms with Crippen molar-refractivity contribution in [3.05, 3.63) is 57.3 Å². The predicted molar refractivity (Wildman–Crippen MR) is 78.5 cm³/mol. The molecule has 0 unspecified atom stereocenters. The van der Waals surface area contributed by atoms with Crippen molar-refractivity contribution >= 4 is 46.5 Å². The third-order valence-electron chi connectivity index (χ3n) is 2.74. The lowest BCUT2D eigenvalue weighted by atomic mass is 10.3. The van der Waals surface area contributed by atoms with Gasteiger partial charge in [0, 0.05) is 10.7 Å². The Labute approximate surface area is 119 Å². The number of nitrogens with one attached hydrogen (secondary N) is 1. The van der Waals surface area contributed by atoms with E-state index in [1.165, 1.54) is 0 Å². The minimum absolute atomic E-state index is 0.612. The third kappa shape index (κ3) is 1.85. The number of fused-ring (bicyclic) bond motifs is 1. The van der Waals surface area contributed by atoms with E-state index in [1.807, 2.05) is 47.0 Å². The Balaban J connectivity index is 2.38. The van der Waals surface area contributed by atoms with E-state index in [2.05, 4.69) is 4.98 Å². The molecule has 90 valence electrons. The van der Waals surface area contributed by atoms with Crippen LogP contribution in [0, 0.1) is 4.77 Å². The molecule has 0 aliphatic rings. The van der Waals surface area contributed by atoms with E-state index in [0.717, 1.165) is 16.7 Å². The lowest BCUT2D eigenvalue weighted by Gasteiger charge is -2.05. The lowest BCUT2D eigenvalue weighted by Crippen LogP contribution is -1.93. The molecule has 0 radical (unpaired) electrons. The van der Waals surface area contributed by atoms with Gasteiger partial charge in [-0.25, -0.2) is 0 Å². The van der Waals surface area contributed by atoms with Gasteiger partial charge >= 0.3 is 0 Å². The average Bonchev–Trinajstić information content (AvgIpc) is 2.68. The zero-order valence-electron chi connectivity index (χ0n) is 9.15. The van der Waals surface area contributed by atoms with E-state index >= 15 is 0 Å². The second-order valence-corrected chi connectivity index (χ2v) is 5.11. The molecule has 5 heteroatoms. The number of hydrogen-bond donors (Lipinski definition) is 1. The number of hydrogen-bond acceptors (Lipinski definition) is 1. The number of para-hydroxylation sites is 1. The molecule has 0 saturated carbocycles. The lowest BCUT2D eigenvalue weighted by molar-refractivity contribution is 1.07. The number of nitrogens with zero attached hydrogens (tertiary/aromatic N) is 1. The largest absolute Gasteiger partial charge is 0.330 e. The number of H-pyrrole nitrogens is 1. The van der Waals surface area contributed by atoms with Crippen LogP contribution in [0.15, 0.2) is 42.5 Å². The van der Waals surface area contributed by atoms with Crippen molar-refractivity contribution in [1.29, 1.82) is 0 Å². The summed E-state index contributed by atoms with van der Waals surface area (Å²) >= 11 is 17.5.